The van der Waals surface area contributed by atoms with Crippen LogP contribution in [-0.2, 0) is 12.6 Å². The number of nitrogens with zero attached hydrogens (tertiary/aromatic N) is 2. The molecule has 0 fully saturated rings. The van der Waals surface area contributed by atoms with E-state index >= 15 is 0 Å². The zero-order valence-electron chi connectivity index (χ0n) is 17.4. The van der Waals surface area contributed by atoms with E-state index in [4.69, 9.17) is 4.74 Å². The fourth-order valence-corrected chi connectivity index (χ4v) is 5.04. The minimum Gasteiger partial charge on any atom is -0.504 e. The second kappa shape index (κ2) is 8.95. The Kier molecular flexibility index (Phi) is 6.22. The van der Waals surface area contributed by atoms with Crippen molar-refractivity contribution >= 4 is 17.6 Å². The summed E-state index contributed by atoms with van der Waals surface area (Å²) in [7, 11) is 1.41. The minimum absolute atomic E-state index is 0.0257. The predicted octanol–water partition coefficient (Wildman–Crippen LogP) is 5.98. The summed E-state index contributed by atoms with van der Waals surface area (Å²) in [6.45, 7) is 0.459. The number of benzene rings is 3. The Labute approximate surface area is 191 Å². The molecule has 0 bridgehead atoms. The van der Waals surface area contributed by atoms with Gasteiger partial charge in [-0.05, 0) is 65.4 Å². The van der Waals surface area contributed by atoms with E-state index in [-0.39, 0.29) is 17.2 Å². The second-order valence-electron chi connectivity index (χ2n) is 7.45. The molecule has 10 heteroatoms. The smallest absolute Gasteiger partial charge is 0.416 e. The molecule has 4 rings (SSSR count). The summed E-state index contributed by atoms with van der Waals surface area (Å²) in [5, 5.41) is 21.7. The molecule has 0 saturated carbocycles. The highest BCUT2D eigenvalue weighted by molar-refractivity contribution is 7.97. The van der Waals surface area contributed by atoms with Crippen LogP contribution in [0.4, 0.5) is 18.9 Å². The Bertz CT molecular complexity index is 1190. The maximum Gasteiger partial charge on any atom is 0.416 e. The molecule has 0 aromatic heterocycles. The van der Waals surface area contributed by atoms with Crippen molar-refractivity contribution in [2.75, 3.05) is 13.7 Å². The first-order valence-corrected chi connectivity index (χ1v) is 10.7. The summed E-state index contributed by atoms with van der Waals surface area (Å²) >= 11 is 1.18. The molecule has 1 unspecified atom stereocenters. The van der Waals surface area contributed by atoms with Crippen LogP contribution in [0.25, 0.3) is 0 Å². The Balaban J connectivity index is 1.81. The summed E-state index contributed by atoms with van der Waals surface area (Å²) in [5.41, 5.74) is 1.35. The van der Waals surface area contributed by atoms with Crippen molar-refractivity contribution in [2.24, 2.45) is 0 Å². The van der Waals surface area contributed by atoms with Gasteiger partial charge >= 0.3 is 6.18 Å². The number of para-hydroxylation sites is 1. The average Bonchev–Trinajstić information content (AvgIpc) is 2.78. The van der Waals surface area contributed by atoms with Crippen LogP contribution in [0, 0.1) is 10.1 Å². The zero-order valence-corrected chi connectivity index (χ0v) is 18.2. The molecular weight excluding hydrogens is 457 g/mol. The van der Waals surface area contributed by atoms with Crippen LogP contribution in [0.2, 0.25) is 0 Å². The summed E-state index contributed by atoms with van der Waals surface area (Å²) in [4.78, 5) is 11.4. The molecule has 0 radical (unpaired) electrons. The first-order chi connectivity index (χ1) is 15.7. The highest BCUT2D eigenvalue weighted by Gasteiger charge is 2.34. The molecule has 0 spiro atoms. The van der Waals surface area contributed by atoms with Gasteiger partial charge in [0.15, 0.2) is 11.5 Å². The van der Waals surface area contributed by atoms with Crippen molar-refractivity contribution in [1.82, 2.24) is 4.31 Å². The largest absolute Gasteiger partial charge is 0.504 e. The molecule has 3 aromatic rings. The quantitative estimate of drug-likeness (QED) is 0.277. The number of ether oxygens (including phenoxy) is 1. The van der Waals surface area contributed by atoms with Gasteiger partial charge in [0.05, 0.1) is 23.6 Å². The highest BCUT2D eigenvalue weighted by atomic mass is 32.2. The summed E-state index contributed by atoms with van der Waals surface area (Å²) in [5.74, 6) is 0.213. The number of phenols is 1. The maximum atomic E-state index is 13.1. The molecule has 1 aliphatic heterocycles. The lowest BCUT2D eigenvalue weighted by Crippen LogP contribution is -2.31. The third-order valence-corrected chi connectivity index (χ3v) is 6.63. The van der Waals surface area contributed by atoms with Gasteiger partial charge in [-0.25, -0.2) is 4.31 Å². The lowest BCUT2D eigenvalue weighted by atomic mass is 9.89. The lowest BCUT2D eigenvalue weighted by molar-refractivity contribution is -0.387. The molecule has 6 nitrogen and oxygen atoms in total. The first-order valence-electron chi connectivity index (χ1n) is 9.94. The van der Waals surface area contributed by atoms with Gasteiger partial charge in [-0.1, -0.05) is 24.3 Å². The third kappa shape index (κ3) is 4.62. The van der Waals surface area contributed by atoms with E-state index in [2.05, 4.69) is 0 Å². The van der Waals surface area contributed by atoms with E-state index in [1.807, 2.05) is 4.31 Å². The van der Waals surface area contributed by atoms with Gasteiger partial charge in [0.1, 0.15) is 4.90 Å². The molecule has 1 aliphatic rings. The van der Waals surface area contributed by atoms with Crippen molar-refractivity contribution in [3.8, 4) is 11.5 Å². The zero-order chi connectivity index (χ0) is 23.8. The van der Waals surface area contributed by atoms with Crippen molar-refractivity contribution < 1.29 is 27.9 Å². The number of fused-ring (bicyclic) bond motifs is 1. The standard InChI is InChI=1S/C23H19F3N2O4S/c1-32-20-13-17-15(12-19(20)29)10-11-27(33-21-5-3-2-4-18(21)28(30)31)22(17)14-6-8-16(9-7-14)23(24,25)26/h2-9,12-13,22,29H,10-11H2,1H3. The van der Waals surface area contributed by atoms with Gasteiger partial charge in [0.2, 0.25) is 0 Å². The Morgan fingerprint density at radius 2 is 1.85 bits per heavy atom. The van der Waals surface area contributed by atoms with Crippen LogP contribution in [0.1, 0.15) is 28.3 Å². The fraction of sp³-hybridized carbons (Fsp3) is 0.217. The van der Waals surface area contributed by atoms with E-state index in [0.717, 1.165) is 23.3 Å². The van der Waals surface area contributed by atoms with Gasteiger partial charge in [-0.3, -0.25) is 10.1 Å². The van der Waals surface area contributed by atoms with Gasteiger partial charge in [-0.15, -0.1) is 0 Å². The highest BCUT2D eigenvalue weighted by Crippen LogP contribution is 2.46. The van der Waals surface area contributed by atoms with E-state index in [1.54, 1.807) is 30.3 Å². The van der Waals surface area contributed by atoms with Crippen molar-refractivity contribution in [3.63, 3.8) is 0 Å². The van der Waals surface area contributed by atoms with Crippen molar-refractivity contribution in [2.45, 2.75) is 23.5 Å². The molecule has 1 N–H and O–H groups in total. The number of aromatic hydroxyl groups is 1. The van der Waals surface area contributed by atoms with Crippen LogP contribution in [0.5, 0.6) is 11.5 Å². The molecule has 3 aromatic carbocycles. The Hall–Kier alpha value is -3.24. The predicted molar refractivity (Wildman–Crippen MR) is 117 cm³/mol. The van der Waals surface area contributed by atoms with Crippen LogP contribution in [0.3, 0.4) is 0 Å². The van der Waals surface area contributed by atoms with E-state index in [0.29, 0.717) is 23.4 Å². The molecule has 0 saturated heterocycles. The average molecular weight is 476 g/mol. The number of phenolic OH excluding ortho intramolecular Hbond substituents is 1. The van der Waals surface area contributed by atoms with Gasteiger partial charge in [0.25, 0.3) is 5.69 Å². The summed E-state index contributed by atoms with van der Waals surface area (Å²) < 4.78 is 46.5. The topological polar surface area (TPSA) is 75.8 Å². The van der Waals surface area contributed by atoms with Gasteiger partial charge < -0.3 is 9.84 Å². The number of methoxy groups -OCH3 is 1. The van der Waals surface area contributed by atoms with Crippen molar-refractivity contribution in [3.05, 3.63) is 93.0 Å². The lowest BCUT2D eigenvalue weighted by Gasteiger charge is -2.37. The van der Waals surface area contributed by atoms with Crippen LogP contribution in [0.15, 0.2) is 65.6 Å². The second-order valence-corrected chi connectivity index (χ2v) is 8.54. The maximum absolute atomic E-state index is 13.1. The minimum atomic E-state index is -4.46. The summed E-state index contributed by atoms with van der Waals surface area (Å²) in [6, 6.07) is 13.9. The molecule has 1 heterocycles. The van der Waals surface area contributed by atoms with E-state index in [1.165, 1.54) is 37.3 Å². The van der Waals surface area contributed by atoms with Crippen LogP contribution in [-0.4, -0.2) is 28.0 Å². The molecule has 1 atom stereocenters. The Morgan fingerprint density at radius 3 is 2.48 bits per heavy atom. The number of halogens is 3. The molecular formula is C23H19F3N2O4S. The van der Waals surface area contributed by atoms with E-state index < -0.39 is 22.7 Å². The van der Waals surface area contributed by atoms with Crippen LogP contribution >= 0.6 is 11.9 Å². The van der Waals surface area contributed by atoms with Crippen LogP contribution < -0.4 is 4.74 Å². The fourth-order valence-electron chi connectivity index (χ4n) is 3.89. The molecule has 33 heavy (non-hydrogen) atoms. The number of alkyl halides is 3. The molecule has 172 valence electrons. The van der Waals surface area contributed by atoms with Crippen molar-refractivity contribution in [1.29, 1.82) is 0 Å². The van der Waals surface area contributed by atoms with E-state index in [9.17, 15) is 28.4 Å². The summed E-state index contributed by atoms with van der Waals surface area (Å²) in [6.07, 6.45) is -3.92. The SMILES string of the molecule is COc1cc2c(cc1O)CCN(Sc1ccccc1[N+](=O)[O-])C2c1ccc(C(F)(F)F)cc1. The number of hydrogen-bond donors (Lipinski definition) is 1. The first kappa shape index (κ1) is 22.9. The molecule has 0 amide bonds. The number of nitro benzene ring substituents is 1. The van der Waals surface area contributed by atoms with Gasteiger partial charge in [-0.2, -0.15) is 13.2 Å². The number of rotatable bonds is 5. The van der Waals surface area contributed by atoms with Gasteiger partial charge in [0, 0.05) is 12.6 Å². The third-order valence-electron chi connectivity index (χ3n) is 5.46. The molecule has 0 aliphatic carbocycles. The monoisotopic (exact) mass is 476 g/mol. The normalized spacial score (nSPS) is 16.3. The number of hydrogen-bond acceptors (Lipinski definition) is 6. The Morgan fingerprint density at radius 1 is 1.15 bits per heavy atom. The number of nitro groups is 1.